The Balaban J connectivity index is 0.00000264. The lowest BCUT2D eigenvalue weighted by Crippen LogP contribution is -2.33. The fourth-order valence-electron chi connectivity index (χ4n) is 2.31. The molecule has 0 atom stereocenters. The topological polar surface area (TPSA) is 46.3 Å². The molecule has 0 bridgehead atoms. The normalized spacial score (nSPS) is 10.0. The Bertz CT molecular complexity index is 634. The van der Waals surface area contributed by atoms with E-state index in [1.165, 1.54) is 6.07 Å². The van der Waals surface area contributed by atoms with Crippen molar-refractivity contribution in [2.75, 3.05) is 13.1 Å². The second kappa shape index (κ2) is 9.28. The number of nitrogens with zero attached hydrogens (tertiary/aromatic N) is 1. The first-order valence-corrected chi connectivity index (χ1v) is 7.41. The van der Waals surface area contributed by atoms with Crippen molar-refractivity contribution in [2.45, 2.75) is 19.9 Å². The molecule has 2 aromatic rings. The van der Waals surface area contributed by atoms with Crippen molar-refractivity contribution in [3.8, 4) is 0 Å². The van der Waals surface area contributed by atoms with Gasteiger partial charge >= 0.3 is 0 Å². The third kappa shape index (κ3) is 5.34. The molecule has 1 amide bonds. The number of aryl methyl sites for hydroxylation is 1. The van der Waals surface area contributed by atoms with Crippen LogP contribution in [-0.4, -0.2) is 23.9 Å². The summed E-state index contributed by atoms with van der Waals surface area (Å²) in [4.78, 5) is 14.3. The van der Waals surface area contributed by atoms with Gasteiger partial charge in [0.15, 0.2) is 0 Å². The average Bonchev–Trinajstić information content (AvgIpc) is 2.54. The van der Waals surface area contributed by atoms with Gasteiger partial charge in [-0.1, -0.05) is 42.0 Å². The lowest BCUT2D eigenvalue weighted by atomic mass is 10.1. The van der Waals surface area contributed by atoms with Gasteiger partial charge in [-0.05, 0) is 37.6 Å². The van der Waals surface area contributed by atoms with Crippen molar-refractivity contribution in [3.63, 3.8) is 0 Å². The fourth-order valence-corrected chi connectivity index (χ4v) is 2.31. The first kappa shape index (κ1) is 19.1. The summed E-state index contributed by atoms with van der Waals surface area (Å²) in [6, 6.07) is 14.3. The lowest BCUT2D eigenvalue weighted by Gasteiger charge is -2.23. The summed E-state index contributed by atoms with van der Waals surface area (Å²) in [6.07, 6.45) is 0.687. The van der Waals surface area contributed by atoms with Crippen LogP contribution < -0.4 is 5.73 Å². The molecule has 0 heterocycles. The number of carbonyl (C=O) groups excluding carboxylic acids is 1. The number of amides is 1. The monoisotopic (exact) mass is 336 g/mol. The number of nitrogens with two attached hydrogens (primary N) is 1. The zero-order valence-electron chi connectivity index (χ0n) is 13.2. The van der Waals surface area contributed by atoms with E-state index >= 15 is 0 Å². The lowest BCUT2D eigenvalue weighted by molar-refractivity contribution is 0.0737. The second-order valence-corrected chi connectivity index (χ2v) is 5.34. The summed E-state index contributed by atoms with van der Waals surface area (Å²) >= 11 is 0. The molecule has 0 spiro atoms. The molecule has 2 aromatic carbocycles. The molecular formula is C18H22ClFN2O. The van der Waals surface area contributed by atoms with Crippen molar-refractivity contribution in [1.29, 1.82) is 0 Å². The largest absolute Gasteiger partial charge is 0.334 e. The molecule has 124 valence electrons. The Morgan fingerprint density at radius 1 is 1.17 bits per heavy atom. The highest BCUT2D eigenvalue weighted by Gasteiger charge is 2.19. The van der Waals surface area contributed by atoms with E-state index in [1.807, 2.05) is 37.3 Å². The molecule has 2 N–H and O–H groups in total. The quantitative estimate of drug-likeness (QED) is 0.877. The van der Waals surface area contributed by atoms with Gasteiger partial charge in [0, 0.05) is 13.1 Å². The SMILES string of the molecule is Cc1ccc(F)c(C(=O)N(CCCN)Cc2ccccc2)c1.Cl. The molecule has 0 radical (unpaired) electrons. The molecule has 0 fully saturated rings. The van der Waals surface area contributed by atoms with Crippen LogP contribution in [0.25, 0.3) is 0 Å². The van der Waals surface area contributed by atoms with Gasteiger partial charge in [0.25, 0.3) is 5.91 Å². The van der Waals surface area contributed by atoms with E-state index in [2.05, 4.69) is 0 Å². The summed E-state index contributed by atoms with van der Waals surface area (Å²) in [5, 5.41) is 0. The first-order chi connectivity index (χ1) is 10.6. The van der Waals surface area contributed by atoms with Gasteiger partial charge in [0.05, 0.1) is 5.56 Å². The smallest absolute Gasteiger partial charge is 0.257 e. The number of hydrogen-bond acceptors (Lipinski definition) is 2. The molecule has 5 heteroatoms. The minimum Gasteiger partial charge on any atom is -0.334 e. The first-order valence-electron chi connectivity index (χ1n) is 7.41. The van der Waals surface area contributed by atoms with Crippen molar-refractivity contribution >= 4 is 18.3 Å². The molecule has 0 aromatic heterocycles. The Morgan fingerprint density at radius 3 is 2.52 bits per heavy atom. The summed E-state index contributed by atoms with van der Waals surface area (Å²) in [5.74, 6) is -0.778. The minimum absolute atomic E-state index is 0. The second-order valence-electron chi connectivity index (χ2n) is 5.34. The van der Waals surface area contributed by atoms with Crippen LogP contribution in [0.15, 0.2) is 48.5 Å². The van der Waals surface area contributed by atoms with Crippen molar-refractivity contribution in [3.05, 3.63) is 71.0 Å². The summed E-state index contributed by atoms with van der Waals surface area (Å²) in [6.45, 7) is 3.30. The highest BCUT2D eigenvalue weighted by Crippen LogP contribution is 2.15. The van der Waals surface area contributed by atoms with Gasteiger partial charge in [-0.25, -0.2) is 4.39 Å². The molecule has 0 aliphatic carbocycles. The number of benzene rings is 2. The predicted molar refractivity (Wildman–Crippen MR) is 93.2 cm³/mol. The van der Waals surface area contributed by atoms with Crippen molar-refractivity contribution in [1.82, 2.24) is 4.90 Å². The molecule has 0 aliphatic rings. The van der Waals surface area contributed by atoms with E-state index < -0.39 is 5.82 Å². The van der Waals surface area contributed by atoms with Crippen LogP contribution in [-0.2, 0) is 6.54 Å². The molecular weight excluding hydrogens is 315 g/mol. The van der Waals surface area contributed by atoms with Crippen LogP contribution in [0.5, 0.6) is 0 Å². The molecule has 0 saturated carbocycles. The van der Waals surface area contributed by atoms with Crippen LogP contribution in [0, 0.1) is 12.7 Å². The Morgan fingerprint density at radius 2 is 1.87 bits per heavy atom. The zero-order valence-corrected chi connectivity index (χ0v) is 14.0. The van der Waals surface area contributed by atoms with E-state index in [-0.39, 0.29) is 23.9 Å². The third-order valence-electron chi connectivity index (χ3n) is 3.49. The van der Waals surface area contributed by atoms with Gasteiger partial charge < -0.3 is 10.6 Å². The van der Waals surface area contributed by atoms with Gasteiger partial charge in [0.2, 0.25) is 0 Å². The van der Waals surface area contributed by atoms with E-state index in [9.17, 15) is 9.18 Å². The maximum atomic E-state index is 14.0. The number of halogens is 2. The molecule has 0 unspecified atom stereocenters. The number of rotatable bonds is 6. The maximum absolute atomic E-state index is 14.0. The van der Waals surface area contributed by atoms with Gasteiger partial charge in [0.1, 0.15) is 5.82 Å². The van der Waals surface area contributed by atoms with E-state index in [1.54, 1.807) is 17.0 Å². The van der Waals surface area contributed by atoms with Gasteiger partial charge in [-0.2, -0.15) is 0 Å². The summed E-state index contributed by atoms with van der Waals surface area (Å²) < 4.78 is 14.0. The van der Waals surface area contributed by atoms with Crippen molar-refractivity contribution < 1.29 is 9.18 Å². The molecule has 23 heavy (non-hydrogen) atoms. The number of hydrogen-bond donors (Lipinski definition) is 1. The van der Waals surface area contributed by atoms with Gasteiger partial charge in [-0.15, -0.1) is 12.4 Å². The highest BCUT2D eigenvalue weighted by molar-refractivity contribution is 5.94. The fraction of sp³-hybridized carbons (Fsp3) is 0.278. The van der Waals surface area contributed by atoms with Gasteiger partial charge in [-0.3, -0.25) is 4.79 Å². The predicted octanol–water partition coefficient (Wildman–Crippen LogP) is 3.55. The molecule has 0 saturated heterocycles. The van der Waals surface area contributed by atoms with Crippen LogP contribution in [0.4, 0.5) is 4.39 Å². The molecule has 0 aliphatic heterocycles. The van der Waals surface area contributed by atoms with Crippen molar-refractivity contribution in [2.24, 2.45) is 5.73 Å². The summed E-state index contributed by atoms with van der Waals surface area (Å²) in [7, 11) is 0. The highest BCUT2D eigenvalue weighted by atomic mass is 35.5. The van der Waals surface area contributed by atoms with Crippen LogP contribution in [0.2, 0.25) is 0 Å². The molecule has 3 nitrogen and oxygen atoms in total. The van der Waals surface area contributed by atoms with Crippen LogP contribution in [0.3, 0.4) is 0 Å². The number of carbonyl (C=O) groups is 1. The average molecular weight is 337 g/mol. The standard InChI is InChI=1S/C18H21FN2O.ClH/c1-14-8-9-17(19)16(12-14)18(22)21(11-5-10-20)13-15-6-3-2-4-7-15;/h2-4,6-9,12H,5,10-11,13,20H2,1H3;1H. The molecule has 2 rings (SSSR count). The zero-order chi connectivity index (χ0) is 15.9. The Hall–Kier alpha value is -1.91. The third-order valence-corrected chi connectivity index (χ3v) is 3.49. The maximum Gasteiger partial charge on any atom is 0.257 e. The van der Waals surface area contributed by atoms with Crippen LogP contribution in [0.1, 0.15) is 27.9 Å². The Labute approximate surface area is 142 Å². The Kier molecular flexibility index (Phi) is 7.72. The van der Waals surface area contributed by atoms with E-state index in [4.69, 9.17) is 5.73 Å². The van der Waals surface area contributed by atoms with E-state index in [0.717, 1.165) is 11.1 Å². The van der Waals surface area contributed by atoms with Crippen LogP contribution >= 0.6 is 12.4 Å². The summed E-state index contributed by atoms with van der Waals surface area (Å²) in [5.41, 5.74) is 7.55. The minimum atomic E-state index is -0.485. The van der Waals surface area contributed by atoms with E-state index in [0.29, 0.717) is 26.1 Å².